The van der Waals surface area contributed by atoms with Crippen molar-refractivity contribution in [2.75, 3.05) is 0 Å². The summed E-state index contributed by atoms with van der Waals surface area (Å²) in [6.07, 6.45) is 7.45. The summed E-state index contributed by atoms with van der Waals surface area (Å²) >= 11 is 0. The molecule has 0 saturated carbocycles. The zero-order valence-corrected chi connectivity index (χ0v) is 16.4. The smallest absolute Gasteiger partial charge is 0.302 e. The van der Waals surface area contributed by atoms with Crippen LogP contribution in [-0.2, 0) is 13.6 Å². The molecule has 2 rings (SSSR count). The number of rotatable bonds is 2. The van der Waals surface area contributed by atoms with Crippen molar-refractivity contribution in [3.63, 3.8) is 0 Å². The molecule has 0 saturated heterocycles. The molecule has 0 bridgehead atoms. The maximum atomic E-state index is 16.6. The first-order valence-corrected chi connectivity index (χ1v) is 9.93. The highest BCUT2D eigenvalue weighted by molar-refractivity contribution is 6.90. The highest BCUT2D eigenvalue weighted by atomic mass is 28.4. The second kappa shape index (κ2) is 5.49. The molecule has 23 heavy (non-hydrogen) atoms. The van der Waals surface area contributed by atoms with Gasteiger partial charge in [-0.25, -0.2) is 9.13 Å². The van der Waals surface area contributed by atoms with Crippen LogP contribution in [0.3, 0.4) is 0 Å². The number of hydrogen-bond donors (Lipinski definition) is 0. The van der Waals surface area contributed by atoms with E-state index >= 15 is 4.11 Å². The summed E-state index contributed by atoms with van der Waals surface area (Å²) in [7, 11) is -1.34. The van der Waals surface area contributed by atoms with Crippen molar-refractivity contribution in [1.82, 2.24) is 4.57 Å². The van der Waals surface area contributed by atoms with Crippen LogP contribution in [0.4, 0.5) is 4.11 Å². The van der Waals surface area contributed by atoms with Crippen molar-refractivity contribution in [2.45, 2.75) is 58.2 Å². The lowest BCUT2D eigenvalue weighted by Gasteiger charge is -2.42. The zero-order valence-electron chi connectivity index (χ0n) is 15.4. The Morgan fingerprint density at radius 2 is 1.78 bits per heavy atom. The third kappa shape index (κ3) is 2.61. The number of fused-ring (bicyclic) bond motifs is 1. The number of hydrogen-bond acceptors (Lipinski definition) is 0. The van der Waals surface area contributed by atoms with E-state index in [1.165, 1.54) is 0 Å². The molecule has 0 N–H and O–H groups in total. The molecule has 0 unspecified atom stereocenters. The molecule has 0 amide bonds. The Morgan fingerprint density at radius 1 is 1.22 bits per heavy atom. The highest BCUT2D eigenvalue weighted by Gasteiger charge is 2.60. The monoisotopic (exact) mass is 331 g/mol. The molecule has 0 aliphatic heterocycles. The van der Waals surface area contributed by atoms with Crippen molar-refractivity contribution in [3.05, 3.63) is 24.4 Å². The lowest BCUT2D eigenvalue weighted by Crippen LogP contribution is -2.60. The van der Waals surface area contributed by atoms with Crippen LogP contribution < -0.4 is 9.88 Å². The molecule has 2 heterocycles. The van der Waals surface area contributed by atoms with E-state index in [4.69, 9.17) is 6.42 Å². The van der Waals surface area contributed by atoms with Crippen LogP contribution in [0.1, 0.15) is 41.5 Å². The van der Waals surface area contributed by atoms with Gasteiger partial charge in [-0.2, -0.15) is 0 Å². The lowest BCUT2D eigenvalue weighted by atomic mass is 10.2. The van der Waals surface area contributed by atoms with E-state index in [1.807, 2.05) is 82.1 Å². The number of terminal acetylenes is 1. The number of pyridine rings is 1. The molecule has 0 atom stereocenters. The molecule has 0 aromatic carbocycles. The molecule has 0 aliphatic rings. The third-order valence-corrected chi connectivity index (χ3v) is 10.0. The molecular weight excluding hydrogens is 303 g/mol. The van der Waals surface area contributed by atoms with Crippen LogP contribution in [0.2, 0.25) is 10.1 Å². The molecule has 0 fully saturated rings. The Balaban J connectivity index is 2.85. The molecule has 2 aromatic rings. The van der Waals surface area contributed by atoms with Gasteiger partial charge in [0.05, 0.1) is 18.6 Å². The first-order chi connectivity index (χ1) is 10.4. The van der Waals surface area contributed by atoms with Crippen molar-refractivity contribution < 1.29 is 8.67 Å². The Kier molecular flexibility index (Phi) is 4.23. The van der Waals surface area contributed by atoms with E-state index < -0.39 is 18.5 Å². The quantitative estimate of drug-likeness (QED) is 0.342. The van der Waals surface area contributed by atoms with Crippen LogP contribution in [-0.4, -0.2) is 13.0 Å². The van der Waals surface area contributed by atoms with Crippen molar-refractivity contribution >= 4 is 24.8 Å². The van der Waals surface area contributed by atoms with Crippen molar-refractivity contribution in [2.24, 2.45) is 7.05 Å². The minimum atomic E-state index is -3.30. The summed E-state index contributed by atoms with van der Waals surface area (Å²) < 4.78 is 20.7. The largest absolute Gasteiger partial charge is 0.330 e. The number of aromatic nitrogens is 2. The number of aryl methyl sites for hydroxylation is 1. The van der Waals surface area contributed by atoms with E-state index in [2.05, 4.69) is 5.92 Å². The van der Waals surface area contributed by atoms with Crippen LogP contribution in [0.25, 0.3) is 11.0 Å². The molecule has 2 nitrogen and oxygen atoms in total. The summed E-state index contributed by atoms with van der Waals surface area (Å²) in [4.78, 5) is 0. The van der Waals surface area contributed by atoms with Gasteiger partial charge in [0.1, 0.15) is 5.32 Å². The van der Waals surface area contributed by atoms with E-state index in [0.29, 0.717) is 6.54 Å². The normalized spacial score (nSPS) is 13.3. The fourth-order valence-electron chi connectivity index (χ4n) is 3.87. The molecule has 4 heteroatoms. The van der Waals surface area contributed by atoms with Crippen molar-refractivity contribution in [1.29, 1.82) is 0 Å². The zero-order chi connectivity index (χ0) is 17.6. The van der Waals surface area contributed by atoms with E-state index in [9.17, 15) is 0 Å². The summed E-state index contributed by atoms with van der Waals surface area (Å²) in [6, 6.07) is 6.04. The van der Waals surface area contributed by atoms with Gasteiger partial charge in [-0.15, -0.1) is 6.42 Å². The summed E-state index contributed by atoms with van der Waals surface area (Å²) in [5.74, 6) is 2.68. The molecule has 124 valence electrons. The summed E-state index contributed by atoms with van der Waals surface area (Å²) in [6.45, 7) is 12.6. The van der Waals surface area contributed by atoms with Crippen LogP contribution >= 0.6 is 0 Å². The molecule has 2 aromatic heterocycles. The van der Waals surface area contributed by atoms with E-state index in [-0.39, 0.29) is 0 Å². The fraction of sp³-hybridized carbons (Fsp3) is 0.526. The van der Waals surface area contributed by atoms with Gasteiger partial charge in [-0.3, -0.25) is 0 Å². The van der Waals surface area contributed by atoms with Crippen LogP contribution in [0, 0.1) is 12.3 Å². The van der Waals surface area contributed by atoms with E-state index in [0.717, 1.165) is 16.4 Å². The highest BCUT2D eigenvalue weighted by Crippen LogP contribution is 2.51. The standard InChI is InChI=1S/C19H28FN2Si/c1-9-12-22-13-10-11-15-14-16(21(8)17(15)22)23(20,18(2,3)4)19(5,6)7/h1,10-11,13-14H,12H2,2-8H3/q+1. The summed E-state index contributed by atoms with van der Waals surface area (Å²) in [5.41, 5.74) is 0.989. The first-order valence-electron chi connectivity index (χ1n) is 8.06. The fourth-order valence-corrected chi connectivity index (χ4v) is 8.58. The maximum absolute atomic E-state index is 16.6. The van der Waals surface area contributed by atoms with Crippen LogP contribution in [0.5, 0.6) is 0 Å². The average Bonchev–Trinajstić information content (AvgIpc) is 2.74. The predicted octanol–water partition coefficient (Wildman–Crippen LogP) is 3.82. The maximum Gasteiger partial charge on any atom is 0.330 e. The second-order valence-electron chi connectivity index (χ2n) is 8.37. The Labute approximate surface area is 140 Å². The van der Waals surface area contributed by atoms with Gasteiger partial charge in [0.25, 0.3) is 5.65 Å². The Morgan fingerprint density at radius 3 is 2.26 bits per heavy atom. The van der Waals surface area contributed by atoms with Gasteiger partial charge >= 0.3 is 8.41 Å². The Bertz CT molecular complexity index is 755. The SMILES string of the molecule is C#CC[n+]1cccc2cc([Si](F)(C(C)(C)C)C(C)(C)C)n(C)c21. The Hall–Kier alpha value is -1.60. The van der Waals surface area contributed by atoms with Gasteiger partial charge in [0.2, 0.25) is 0 Å². The minimum Gasteiger partial charge on any atom is -0.302 e. The van der Waals surface area contributed by atoms with Crippen LogP contribution in [0.15, 0.2) is 24.4 Å². The van der Waals surface area contributed by atoms with Gasteiger partial charge in [0, 0.05) is 0 Å². The average molecular weight is 332 g/mol. The third-order valence-electron chi connectivity index (χ3n) is 4.72. The molecule has 0 spiro atoms. The molecular formula is C19H28FN2Si+. The minimum absolute atomic E-state index is 0.398. The predicted molar refractivity (Wildman–Crippen MR) is 97.9 cm³/mol. The van der Waals surface area contributed by atoms with Gasteiger partial charge in [-0.05, 0) is 28.3 Å². The first kappa shape index (κ1) is 17.7. The topological polar surface area (TPSA) is 8.81 Å². The lowest BCUT2D eigenvalue weighted by molar-refractivity contribution is -0.661. The molecule has 0 radical (unpaired) electrons. The van der Waals surface area contributed by atoms with E-state index in [1.54, 1.807) is 0 Å². The summed E-state index contributed by atoms with van der Waals surface area (Å²) in [5, 5.41) is 1.09. The van der Waals surface area contributed by atoms with Gasteiger partial charge in [-0.1, -0.05) is 47.5 Å². The van der Waals surface area contributed by atoms with Gasteiger partial charge in [0.15, 0.2) is 6.54 Å². The molecule has 0 aliphatic carbocycles. The van der Waals surface area contributed by atoms with Gasteiger partial charge < -0.3 is 4.11 Å². The second-order valence-corrected chi connectivity index (χ2v) is 13.2. The number of halogens is 1. The number of nitrogens with zero attached hydrogens (tertiary/aromatic N) is 2. The van der Waals surface area contributed by atoms with Crippen molar-refractivity contribution in [3.8, 4) is 12.3 Å².